The zero-order valence-electron chi connectivity index (χ0n) is 16.1. The van der Waals surface area contributed by atoms with Crippen molar-refractivity contribution in [1.29, 1.82) is 0 Å². The fourth-order valence-electron chi connectivity index (χ4n) is 2.50. The molecule has 0 bridgehead atoms. The third-order valence-electron chi connectivity index (χ3n) is 3.92. The number of esters is 1. The number of hydrogen-bond acceptors (Lipinski definition) is 6. The Morgan fingerprint density at radius 3 is 2.23 bits per heavy atom. The summed E-state index contributed by atoms with van der Waals surface area (Å²) in [5, 5.41) is 19.1. The number of ether oxygens (including phenoxy) is 2. The third-order valence-corrected chi connectivity index (χ3v) is 5.04. The highest BCUT2D eigenvalue weighted by Gasteiger charge is 2.20. The van der Waals surface area contributed by atoms with Crippen LogP contribution < -0.4 is 20.7 Å². The highest BCUT2D eigenvalue weighted by atomic mass is 35.5. The minimum absolute atomic E-state index is 0.0156. The molecule has 0 unspecified atom stereocenters. The van der Waals surface area contributed by atoms with Crippen molar-refractivity contribution in [3.05, 3.63) is 44.9 Å². The lowest BCUT2D eigenvalue weighted by Gasteiger charge is -2.20. The molecule has 4 N–H and O–H groups in total. The van der Waals surface area contributed by atoms with Crippen molar-refractivity contribution in [2.75, 3.05) is 43.3 Å². The monoisotopic (exact) mass is 491 g/mol. The van der Waals surface area contributed by atoms with Crippen LogP contribution in [0.15, 0.2) is 24.3 Å². The molecule has 0 saturated heterocycles. The van der Waals surface area contributed by atoms with Gasteiger partial charge in [-0.2, -0.15) is 0 Å². The number of carbonyl (C=O) groups excluding carboxylic acids is 1. The van der Waals surface area contributed by atoms with Gasteiger partial charge in [0.05, 0.1) is 51.9 Å². The Labute approximate surface area is 194 Å². The number of rotatable bonds is 8. The largest absolute Gasteiger partial charge is 0.497 e. The Bertz CT molecular complexity index is 920. The van der Waals surface area contributed by atoms with Crippen LogP contribution in [-0.2, 0) is 4.74 Å². The highest BCUT2D eigenvalue weighted by molar-refractivity contribution is 7.80. The van der Waals surface area contributed by atoms with Gasteiger partial charge in [0, 0.05) is 25.3 Å². The number of aliphatic hydroxyl groups is 1. The topological polar surface area (TPSA) is 91.9 Å². The Kier molecular flexibility index (Phi) is 9.26. The van der Waals surface area contributed by atoms with Gasteiger partial charge in [-0.15, -0.1) is 0 Å². The first kappa shape index (κ1) is 24.3. The maximum Gasteiger partial charge on any atom is 0.340 e. The number of nitrogens with one attached hydrogen (secondary N) is 3. The van der Waals surface area contributed by atoms with E-state index in [2.05, 4.69) is 16.0 Å². The Morgan fingerprint density at radius 2 is 1.67 bits per heavy atom. The molecule has 0 amide bonds. The molecule has 0 aliphatic carbocycles. The fourth-order valence-corrected chi connectivity index (χ4v) is 3.47. The van der Waals surface area contributed by atoms with Crippen LogP contribution in [0.1, 0.15) is 16.8 Å². The van der Waals surface area contributed by atoms with Crippen LogP contribution in [0, 0.1) is 0 Å². The summed E-state index contributed by atoms with van der Waals surface area (Å²) in [7, 11) is 2.78. The van der Waals surface area contributed by atoms with E-state index in [4.69, 9.17) is 61.6 Å². The van der Waals surface area contributed by atoms with Crippen molar-refractivity contribution in [2.24, 2.45) is 0 Å². The minimum atomic E-state index is -0.554. The average Bonchev–Trinajstić information content (AvgIpc) is 2.72. The molecule has 7 nitrogen and oxygen atoms in total. The molecule has 11 heteroatoms. The summed E-state index contributed by atoms with van der Waals surface area (Å²) >= 11 is 24.2. The van der Waals surface area contributed by atoms with Crippen molar-refractivity contribution in [2.45, 2.75) is 6.42 Å². The van der Waals surface area contributed by atoms with E-state index in [0.717, 1.165) is 0 Å². The third kappa shape index (κ3) is 6.02. The summed E-state index contributed by atoms with van der Waals surface area (Å²) in [4.78, 5) is 12.2. The van der Waals surface area contributed by atoms with Gasteiger partial charge >= 0.3 is 5.97 Å². The van der Waals surface area contributed by atoms with E-state index in [1.807, 2.05) is 0 Å². The number of thiocarbonyl (C=S) groups is 1. The second-order valence-electron chi connectivity index (χ2n) is 5.89. The molecular weight excluding hydrogens is 473 g/mol. The summed E-state index contributed by atoms with van der Waals surface area (Å²) in [6.45, 7) is 0.379. The summed E-state index contributed by atoms with van der Waals surface area (Å²) in [6.07, 6.45) is 0.465. The van der Waals surface area contributed by atoms with E-state index in [0.29, 0.717) is 50.8 Å². The van der Waals surface area contributed by atoms with Gasteiger partial charge in [-0.3, -0.25) is 0 Å². The molecule has 0 radical (unpaired) electrons. The number of benzene rings is 2. The number of methoxy groups -OCH3 is 2. The van der Waals surface area contributed by atoms with Crippen LogP contribution >= 0.6 is 47.0 Å². The van der Waals surface area contributed by atoms with Gasteiger partial charge in [-0.05, 0) is 30.8 Å². The standard InChI is InChI=1S/C19H20Cl3N3O4S/c1-28-10-8-13(21)16(14(22)9-10)24-19(30)25-17-12(20)5-4-11(18(27)29-2)15(17)23-6-3-7-26/h4-5,8-9,23,26H,3,6-7H2,1-2H3,(H2,24,25,30). The van der Waals surface area contributed by atoms with Gasteiger partial charge in [-0.1, -0.05) is 34.8 Å². The number of halogens is 3. The van der Waals surface area contributed by atoms with Gasteiger partial charge < -0.3 is 30.5 Å². The van der Waals surface area contributed by atoms with Crippen LogP contribution in [0.4, 0.5) is 17.1 Å². The molecule has 0 aliphatic rings. The molecule has 0 saturated carbocycles. The predicted octanol–water partition coefficient (Wildman–Crippen LogP) is 5.05. The summed E-state index contributed by atoms with van der Waals surface area (Å²) < 4.78 is 9.96. The van der Waals surface area contributed by atoms with Gasteiger partial charge in [-0.25, -0.2) is 4.79 Å². The van der Waals surface area contributed by atoms with E-state index in [9.17, 15) is 4.79 Å². The van der Waals surface area contributed by atoms with Crippen LogP contribution in [-0.4, -0.2) is 43.6 Å². The van der Waals surface area contributed by atoms with Crippen LogP contribution in [0.3, 0.4) is 0 Å². The van der Waals surface area contributed by atoms with Gasteiger partial charge in [0.2, 0.25) is 0 Å². The smallest absolute Gasteiger partial charge is 0.340 e. The molecule has 0 aliphatic heterocycles. The zero-order valence-corrected chi connectivity index (χ0v) is 19.2. The molecule has 0 atom stereocenters. The van der Waals surface area contributed by atoms with E-state index in [1.165, 1.54) is 20.3 Å². The first-order valence-corrected chi connectivity index (χ1v) is 10.2. The second-order valence-corrected chi connectivity index (χ2v) is 7.52. The quantitative estimate of drug-likeness (QED) is 0.231. The Balaban J connectivity index is 2.34. The predicted molar refractivity (Wildman–Crippen MR) is 126 cm³/mol. The SMILES string of the molecule is COC(=O)c1ccc(Cl)c(NC(=S)Nc2c(Cl)cc(OC)cc2Cl)c1NCCCO. The van der Waals surface area contributed by atoms with Gasteiger partial charge in [0.25, 0.3) is 0 Å². The van der Waals surface area contributed by atoms with Gasteiger partial charge in [0.15, 0.2) is 5.11 Å². The molecule has 0 aromatic heterocycles. The van der Waals surface area contributed by atoms with E-state index >= 15 is 0 Å². The number of anilines is 3. The Hall–Kier alpha value is -1.97. The van der Waals surface area contributed by atoms with Crippen LogP contribution in [0.2, 0.25) is 15.1 Å². The lowest BCUT2D eigenvalue weighted by molar-refractivity contribution is 0.0602. The first-order chi connectivity index (χ1) is 14.3. The van der Waals surface area contributed by atoms with Crippen molar-refractivity contribution < 1.29 is 19.4 Å². The molecule has 162 valence electrons. The minimum Gasteiger partial charge on any atom is -0.497 e. The summed E-state index contributed by atoms with van der Waals surface area (Å²) in [5.74, 6) is -0.0556. The van der Waals surface area contributed by atoms with Gasteiger partial charge in [0.1, 0.15) is 5.75 Å². The molecular formula is C19H20Cl3N3O4S. The number of hydrogen-bond donors (Lipinski definition) is 4. The maximum atomic E-state index is 12.2. The fraction of sp³-hybridized carbons (Fsp3) is 0.263. The lowest BCUT2D eigenvalue weighted by atomic mass is 10.1. The molecule has 2 aromatic carbocycles. The second kappa shape index (κ2) is 11.4. The van der Waals surface area contributed by atoms with E-state index < -0.39 is 5.97 Å². The molecule has 2 aromatic rings. The van der Waals surface area contributed by atoms with Crippen LogP contribution in [0.5, 0.6) is 5.75 Å². The lowest BCUT2D eigenvalue weighted by Crippen LogP contribution is -2.22. The summed E-state index contributed by atoms with van der Waals surface area (Å²) in [5.41, 5.74) is 1.38. The highest BCUT2D eigenvalue weighted by Crippen LogP contribution is 2.37. The number of carbonyl (C=O) groups is 1. The van der Waals surface area contributed by atoms with Crippen molar-refractivity contribution in [3.63, 3.8) is 0 Å². The molecule has 0 spiro atoms. The molecule has 0 fully saturated rings. The molecule has 0 heterocycles. The normalized spacial score (nSPS) is 10.3. The number of aliphatic hydroxyl groups excluding tert-OH is 1. The first-order valence-electron chi connectivity index (χ1n) is 8.69. The summed E-state index contributed by atoms with van der Waals surface area (Å²) in [6, 6.07) is 6.26. The van der Waals surface area contributed by atoms with Crippen molar-refractivity contribution in [3.8, 4) is 5.75 Å². The molecule has 2 rings (SSSR count). The average molecular weight is 493 g/mol. The molecule has 30 heavy (non-hydrogen) atoms. The Morgan fingerprint density at radius 1 is 1.03 bits per heavy atom. The zero-order chi connectivity index (χ0) is 22.3. The van der Waals surface area contributed by atoms with Crippen molar-refractivity contribution in [1.82, 2.24) is 0 Å². The van der Waals surface area contributed by atoms with E-state index in [-0.39, 0.29) is 17.3 Å². The van der Waals surface area contributed by atoms with Crippen molar-refractivity contribution >= 4 is 75.2 Å². The van der Waals surface area contributed by atoms with E-state index in [1.54, 1.807) is 18.2 Å². The maximum absolute atomic E-state index is 12.2. The van der Waals surface area contributed by atoms with Crippen LogP contribution in [0.25, 0.3) is 0 Å².